The number of nitrogens with zero attached hydrogens (tertiary/aromatic N) is 3. The molecule has 23 heavy (non-hydrogen) atoms. The highest BCUT2D eigenvalue weighted by Crippen LogP contribution is 2.29. The normalized spacial score (nSPS) is 11.3. The number of nitrogens with one attached hydrogen (secondary N) is 1. The molecule has 0 unspecified atom stereocenters. The van der Waals surface area contributed by atoms with Gasteiger partial charge in [0.1, 0.15) is 0 Å². The molecule has 0 aliphatic rings. The summed E-state index contributed by atoms with van der Waals surface area (Å²) in [4.78, 5) is 6.30. The van der Waals surface area contributed by atoms with Crippen LogP contribution in [-0.4, -0.2) is 19.9 Å². The van der Waals surface area contributed by atoms with Crippen molar-refractivity contribution in [2.24, 2.45) is 5.11 Å². The van der Waals surface area contributed by atoms with Crippen LogP contribution < -0.4 is 0 Å². The van der Waals surface area contributed by atoms with Crippen LogP contribution in [0.2, 0.25) is 0 Å². The molecule has 1 N–H and O–H groups in total. The number of aromatic amines is 1. The zero-order chi connectivity index (χ0) is 16.3. The number of para-hydroxylation sites is 1. The molecule has 0 saturated heterocycles. The second-order valence-corrected chi connectivity index (χ2v) is 6.93. The predicted molar refractivity (Wildman–Crippen MR) is 87.9 cm³/mol. The third-order valence-electron chi connectivity index (χ3n) is 3.65. The minimum atomic E-state index is -3.58. The van der Waals surface area contributed by atoms with Gasteiger partial charge in [0.25, 0.3) is 0 Å². The van der Waals surface area contributed by atoms with Crippen LogP contribution >= 0.6 is 0 Å². The van der Waals surface area contributed by atoms with Crippen LogP contribution in [0.4, 0.5) is 0 Å². The predicted octanol–water partition coefficient (Wildman–Crippen LogP) is 3.85. The highest BCUT2D eigenvalue weighted by atomic mass is 32.2. The van der Waals surface area contributed by atoms with Crippen LogP contribution in [0.15, 0.2) is 69.6 Å². The molecule has 3 aromatic rings. The Hall–Kier alpha value is -2.76. The Morgan fingerprint density at radius 2 is 1.87 bits per heavy atom. The van der Waals surface area contributed by atoms with Crippen molar-refractivity contribution in [1.82, 2.24) is 4.98 Å². The first-order valence-corrected chi connectivity index (χ1v) is 8.53. The number of aromatic nitrogens is 1. The van der Waals surface area contributed by atoms with E-state index in [1.165, 1.54) is 6.20 Å². The van der Waals surface area contributed by atoms with E-state index in [1.807, 2.05) is 12.1 Å². The molecule has 0 saturated carbocycles. The first kappa shape index (κ1) is 15.1. The smallest absolute Gasteiger partial charge is 0.208 e. The third kappa shape index (κ3) is 2.79. The molecule has 7 heteroatoms. The van der Waals surface area contributed by atoms with E-state index in [9.17, 15) is 8.42 Å². The number of fused-ring (bicyclic) bond motifs is 1. The second kappa shape index (κ2) is 6.16. The highest BCUT2D eigenvalue weighted by Gasteiger charge is 2.21. The number of benzene rings is 2. The van der Waals surface area contributed by atoms with Gasteiger partial charge >= 0.3 is 0 Å². The largest absolute Gasteiger partial charge is 0.360 e. The maximum Gasteiger partial charge on any atom is 0.208 e. The van der Waals surface area contributed by atoms with Crippen molar-refractivity contribution in [2.45, 2.75) is 16.2 Å². The summed E-state index contributed by atoms with van der Waals surface area (Å²) in [5.41, 5.74) is 10.0. The highest BCUT2D eigenvalue weighted by molar-refractivity contribution is 7.91. The lowest BCUT2D eigenvalue weighted by atomic mass is 10.1. The molecule has 0 radical (unpaired) electrons. The summed E-state index contributed by atoms with van der Waals surface area (Å²) in [7, 11) is -3.58. The molecule has 0 spiro atoms. The Balaban J connectivity index is 2.10. The van der Waals surface area contributed by atoms with Gasteiger partial charge in [0.15, 0.2) is 0 Å². The van der Waals surface area contributed by atoms with E-state index in [2.05, 4.69) is 15.0 Å². The first-order valence-electron chi connectivity index (χ1n) is 7.04. The number of azide groups is 1. The SMILES string of the molecule is [N-]=[N+]=NCCc1cccc2c(S(=O)(=O)c3ccccc3)c[nH]c12. The van der Waals surface area contributed by atoms with Crippen LogP contribution in [-0.2, 0) is 16.3 Å². The Labute approximate surface area is 133 Å². The minimum Gasteiger partial charge on any atom is -0.360 e. The molecule has 1 heterocycles. The maximum atomic E-state index is 12.8. The van der Waals surface area contributed by atoms with Crippen molar-refractivity contribution in [3.63, 3.8) is 0 Å². The zero-order valence-electron chi connectivity index (χ0n) is 12.2. The van der Waals surface area contributed by atoms with Crippen molar-refractivity contribution in [1.29, 1.82) is 0 Å². The molecule has 0 amide bonds. The van der Waals surface area contributed by atoms with Crippen molar-refractivity contribution >= 4 is 20.7 Å². The van der Waals surface area contributed by atoms with Crippen molar-refractivity contribution in [2.75, 3.05) is 6.54 Å². The lowest BCUT2D eigenvalue weighted by molar-refractivity contribution is 0.597. The van der Waals surface area contributed by atoms with E-state index in [1.54, 1.807) is 36.4 Å². The average molecular weight is 326 g/mol. The number of rotatable bonds is 5. The van der Waals surface area contributed by atoms with Crippen molar-refractivity contribution < 1.29 is 8.42 Å². The van der Waals surface area contributed by atoms with E-state index >= 15 is 0 Å². The van der Waals surface area contributed by atoms with Gasteiger partial charge in [0, 0.05) is 28.6 Å². The van der Waals surface area contributed by atoms with E-state index in [-0.39, 0.29) is 9.79 Å². The summed E-state index contributed by atoms with van der Waals surface area (Å²) in [5.74, 6) is 0. The van der Waals surface area contributed by atoms with Gasteiger partial charge in [-0.3, -0.25) is 0 Å². The lowest BCUT2D eigenvalue weighted by Crippen LogP contribution is -2.00. The van der Waals surface area contributed by atoms with Gasteiger partial charge in [-0.1, -0.05) is 41.5 Å². The number of H-pyrrole nitrogens is 1. The Kier molecular flexibility index (Phi) is 4.06. The summed E-state index contributed by atoms with van der Waals surface area (Å²) >= 11 is 0. The molecule has 2 aromatic carbocycles. The quantitative estimate of drug-likeness (QED) is 0.437. The number of hydrogen-bond donors (Lipinski definition) is 1. The van der Waals surface area contributed by atoms with Crippen molar-refractivity contribution in [3.8, 4) is 0 Å². The van der Waals surface area contributed by atoms with Gasteiger partial charge in [-0.15, -0.1) is 0 Å². The van der Waals surface area contributed by atoms with E-state index < -0.39 is 9.84 Å². The summed E-state index contributed by atoms with van der Waals surface area (Å²) in [5, 5.41) is 4.17. The third-order valence-corrected chi connectivity index (χ3v) is 5.46. The molecular formula is C16H14N4O2S. The molecule has 116 valence electrons. The van der Waals surface area contributed by atoms with Gasteiger partial charge in [0.05, 0.1) is 9.79 Å². The van der Waals surface area contributed by atoms with Crippen LogP contribution in [0.5, 0.6) is 0 Å². The maximum absolute atomic E-state index is 12.8. The molecular weight excluding hydrogens is 312 g/mol. The van der Waals surface area contributed by atoms with Crippen LogP contribution in [0.25, 0.3) is 21.3 Å². The minimum absolute atomic E-state index is 0.254. The van der Waals surface area contributed by atoms with E-state index in [0.717, 1.165) is 11.1 Å². The molecule has 0 bridgehead atoms. The molecule has 0 aliphatic carbocycles. The Morgan fingerprint density at radius 3 is 2.61 bits per heavy atom. The Morgan fingerprint density at radius 1 is 1.09 bits per heavy atom. The summed E-state index contributed by atoms with van der Waals surface area (Å²) in [6, 6.07) is 13.8. The average Bonchev–Trinajstić information content (AvgIpc) is 3.01. The Bertz CT molecular complexity index is 987. The fourth-order valence-electron chi connectivity index (χ4n) is 2.56. The second-order valence-electron chi connectivity index (χ2n) is 5.01. The summed E-state index contributed by atoms with van der Waals surface area (Å²) in [6.45, 7) is 0.329. The fraction of sp³-hybridized carbons (Fsp3) is 0.125. The molecule has 0 aliphatic heterocycles. The standard InChI is InChI=1S/C16H14N4O2S/c17-20-19-10-9-12-5-4-8-14-15(11-18-16(12)14)23(21,22)13-6-2-1-3-7-13/h1-8,11,18H,9-10H2. The fourth-order valence-corrected chi connectivity index (χ4v) is 4.01. The molecule has 3 rings (SSSR count). The first-order chi connectivity index (χ1) is 11.1. The van der Waals surface area contributed by atoms with E-state index in [0.29, 0.717) is 18.4 Å². The summed E-state index contributed by atoms with van der Waals surface area (Å²) in [6.07, 6.45) is 2.07. The van der Waals surface area contributed by atoms with Gasteiger partial charge in [-0.2, -0.15) is 0 Å². The van der Waals surface area contributed by atoms with Crippen LogP contribution in [0.1, 0.15) is 5.56 Å². The van der Waals surface area contributed by atoms with Gasteiger partial charge < -0.3 is 4.98 Å². The van der Waals surface area contributed by atoms with Crippen LogP contribution in [0.3, 0.4) is 0 Å². The van der Waals surface area contributed by atoms with Gasteiger partial charge in [0.2, 0.25) is 9.84 Å². The molecule has 6 nitrogen and oxygen atoms in total. The molecule has 1 aromatic heterocycles. The van der Waals surface area contributed by atoms with Crippen LogP contribution in [0, 0.1) is 0 Å². The van der Waals surface area contributed by atoms with Gasteiger partial charge in [-0.05, 0) is 29.6 Å². The van der Waals surface area contributed by atoms with E-state index in [4.69, 9.17) is 5.53 Å². The summed E-state index contributed by atoms with van der Waals surface area (Å²) < 4.78 is 25.6. The number of sulfone groups is 1. The lowest BCUT2D eigenvalue weighted by Gasteiger charge is -2.04. The number of hydrogen-bond acceptors (Lipinski definition) is 3. The molecule has 0 atom stereocenters. The molecule has 0 fully saturated rings. The topological polar surface area (TPSA) is 98.7 Å². The van der Waals surface area contributed by atoms with Crippen molar-refractivity contribution in [3.05, 3.63) is 70.7 Å². The monoisotopic (exact) mass is 326 g/mol. The zero-order valence-corrected chi connectivity index (χ0v) is 13.0. The van der Waals surface area contributed by atoms with Gasteiger partial charge in [-0.25, -0.2) is 8.42 Å².